The van der Waals surface area contributed by atoms with E-state index in [1.807, 2.05) is 48.5 Å². The summed E-state index contributed by atoms with van der Waals surface area (Å²) in [5.74, 6) is 1.17. The molecule has 0 aromatic heterocycles. The van der Waals surface area contributed by atoms with E-state index in [4.69, 9.17) is 16.3 Å². The Kier molecular flexibility index (Phi) is 4.34. The summed E-state index contributed by atoms with van der Waals surface area (Å²) in [7, 11) is 1.64. The Morgan fingerprint density at radius 2 is 2.09 bits per heavy atom. The molecule has 3 rings (SSSR count). The van der Waals surface area contributed by atoms with Crippen LogP contribution in [0.15, 0.2) is 48.5 Å². The Hall–Kier alpha value is -2.00. The normalized spacial score (nSPS) is 19.5. The van der Waals surface area contributed by atoms with Gasteiger partial charge in [0.25, 0.3) is 0 Å². The van der Waals surface area contributed by atoms with Crippen molar-refractivity contribution in [3.8, 4) is 5.75 Å². The topological polar surface area (TPSA) is 38.3 Å². The van der Waals surface area contributed by atoms with Crippen LogP contribution in [0.2, 0.25) is 5.02 Å². The second-order valence-electron chi connectivity index (χ2n) is 5.54. The van der Waals surface area contributed by atoms with E-state index in [0.29, 0.717) is 6.54 Å². The number of halogens is 1. The third-order valence-electron chi connectivity index (χ3n) is 4.03. The molecule has 0 aliphatic heterocycles. The lowest BCUT2D eigenvalue weighted by Gasteiger charge is -2.07. The maximum atomic E-state index is 12.2. The molecule has 1 fully saturated rings. The third kappa shape index (κ3) is 3.25. The minimum atomic E-state index is 0.0329. The van der Waals surface area contributed by atoms with E-state index < -0.39 is 0 Å². The van der Waals surface area contributed by atoms with Crippen LogP contribution in [0.3, 0.4) is 0 Å². The van der Waals surface area contributed by atoms with Crippen molar-refractivity contribution in [2.24, 2.45) is 5.92 Å². The Labute approximate surface area is 135 Å². The van der Waals surface area contributed by atoms with E-state index in [1.54, 1.807) is 7.11 Å². The molecular weight excluding hydrogens is 298 g/mol. The Bertz CT molecular complexity index is 686. The van der Waals surface area contributed by atoms with Crippen molar-refractivity contribution < 1.29 is 9.53 Å². The van der Waals surface area contributed by atoms with E-state index in [9.17, 15) is 4.79 Å². The van der Waals surface area contributed by atoms with Crippen molar-refractivity contribution in [1.82, 2.24) is 5.32 Å². The highest BCUT2D eigenvalue weighted by Crippen LogP contribution is 2.49. The monoisotopic (exact) mass is 315 g/mol. The molecule has 0 spiro atoms. The predicted octanol–water partition coefficient (Wildman–Crippen LogP) is 3.77. The Balaban J connectivity index is 1.57. The standard InChI is InChI=1S/C18H18ClNO2/c1-22-13-6-4-5-12(9-13)11-20-18(21)16-10-15(16)14-7-2-3-8-17(14)19/h2-9,15-16H,10-11H2,1H3,(H,20,21). The minimum Gasteiger partial charge on any atom is -0.497 e. The zero-order valence-electron chi connectivity index (χ0n) is 12.4. The van der Waals surface area contributed by atoms with Gasteiger partial charge in [-0.25, -0.2) is 0 Å². The summed E-state index contributed by atoms with van der Waals surface area (Å²) >= 11 is 6.19. The van der Waals surface area contributed by atoms with Gasteiger partial charge in [0.15, 0.2) is 0 Å². The summed E-state index contributed by atoms with van der Waals surface area (Å²) in [6.45, 7) is 0.516. The molecule has 0 heterocycles. The molecule has 114 valence electrons. The van der Waals surface area contributed by atoms with Crippen LogP contribution in [0.4, 0.5) is 0 Å². The molecule has 1 saturated carbocycles. The largest absolute Gasteiger partial charge is 0.497 e. The van der Waals surface area contributed by atoms with Crippen LogP contribution in [0.1, 0.15) is 23.5 Å². The van der Waals surface area contributed by atoms with Crippen LogP contribution in [0.5, 0.6) is 5.75 Å². The molecule has 0 radical (unpaired) electrons. The first kappa shape index (κ1) is 14.9. The van der Waals surface area contributed by atoms with Crippen molar-refractivity contribution in [2.75, 3.05) is 7.11 Å². The second kappa shape index (κ2) is 6.41. The van der Waals surface area contributed by atoms with Crippen LogP contribution in [0.25, 0.3) is 0 Å². The lowest BCUT2D eigenvalue weighted by Crippen LogP contribution is -2.24. The van der Waals surface area contributed by atoms with Crippen molar-refractivity contribution in [3.63, 3.8) is 0 Å². The van der Waals surface area contributed by atoms with Crippen molar-refractivity contribution >= 4 is 17.5 Å². The van der Waals surface area contributed by atoms with Gasteiger partial charge in [-0.2, -0.15) is 0 Å². The molecule has 0 saturated heterocycles. The van der Waals surface area contributed by atoms with Crippen LogP contribution in [0, 0.1) is 5.92 Å². The smallest absolute Gasteiger partial charge is 0.224 e. The summed E-state index contributed by atoms with van der Waals surface area (Å²) in [5, 5.41) is 3.74. The fraction of sp³-hybridized carbons (Fsp3) is 0.278. The highest BCUT2D eigenvalue weighted by molar-refractivity contribution is 6.31. The molecule has 22 heavy (non-hydrogen) atoms. The first-order valence-electron chi connectivity index (χ1n) is 7.34. The van der Waals surface area contributed by atoms with E-state index in [1.165, 1.54) is 0 Å². The first-order valence-corrected chi connectivity index (χ1v) is 7.72. The van der Waals surface area contributed by atoms with Crippen LogP contribution in [-0.4, -0.2) is 13.0 Å². The van der Waals surface area contributed by atoms with Gasteiger partial charge in [0.05, 0.1) is 7.11 Å². The number of benzene rings is 2. The molecule has 4 heteroatoms. The molecule has 1 aliphatic carbocycles. The average Bonchev–Trinajstić information content (AvgIpc) is 3.34. The van der Waals surface area contributed by atoms with Gasteiger partial charge in [0.2, 0.25) is 5.91 Å². The Morgan fingerprint density at radius 1 is 1.27 bits per heavy atom. The number of carbonyl (C=O) groups excluding carboxylic acids is 1. The van der Waals surface area contributed by atoms with Crippen LogP contribution < -0.4 is 10.1 Å². The molecule has 2 atom stereocenters. The lowest BCUT2D eigenvalue weighted by molar-refractivity contribution is -0.122. The third-order valence-corrected chi connectivity index (χ3v) is 4.38. The fourth-order valence-electron chi connectivity index (χ4n) is 2.71. The zero-order chi connectivity index (χ0) is 15.5. The van der Waals surface area contributed by atoms with Crippen molar-refractivity contribution in [2.45, 2.75) is 18.9 Å². The molecule has 3 nitrogen and oxygen atoms in total. The van der Waals surface area contributed by atoms with Gasteiger partial charge >= 0.3 is 0 Å². The highest BCUT2D eigenvalue weighted by atomic mass is 35.5. The number of carbonyl (C=O) groups is 1. The van der Waals surface area contributed by atoms with E-state index in [0.717, 1.165) is 28.3 Å². The van der Waals surface area contributed by atoms with Gasteiger partial charge < -0.3 is 10.1 Å². The molecule has 1 N–H and O–H groups in total. The first-order chi connectivity index (χ1) is 10.7. The van der Waals surface area contributed by atoms with E-state index in [-0.39, 0.29) is 17.7 Å². The number of nitrogens with one attached hydrogen (secondary N) is 1. The maximum Gasteiger partial charge on any atom is 0.224 e. The number of hydrogen-bond acceptors (Lipinski definition) is 2. The number of methoxy groups -OCH3 is 1. The fourth-order valence-corrected chi connectivity index (χ4v) is 2.98. The summed E-state index contributed by atoms with van der Waals surface area (Å²) in [6.07, 6.45) is 0.869. The molecule has 2 unspecified atom stereocenters. The SMILES string of the molecule is COc1cccc(CNC(=O)C2CC2c2ccccc2Cl)c1. The van der Waals surface area contributed by atoms with Crippen molar-refractivity contribution in [3.05, 3.63) is 64.7 Å². The average molecular weight is 316 g/mol. The highest BCUT2D eigenvalue weighted by Gasteiger charge is 2.44. The molecule has 2 aromatic carbocycles. The summed E-state index contributed by atoms with van der Waals surface area (Å²) < 4.78 is 5.18. The molecule has 2 aromatic rings. The van der Waals surface area contributed by atoms with E-state index >= 15 is 0 Å². The van der Waals surface area contributed by atoms with Crippen LogP contribution in [-0.2, 0) is 11.3 Å². The molecule has 1 aliphatic rings. The predicted molar refractivity (Wildman–Crippen MR) is 87.1 cm³/mol. The number of amides is 1. The number of ether oxygens (including phenoxy) is 1. The van der Waals surface area contributed by atoms with Gasteiger partial charge in [-0.1, -0.05) is 41.9 Å². The van der Waals surface area contributed by atoms with E-state index in [2.05, 4.69) is 5.32 Å². The Morgan fingerprint density at radius 3 is 2.86 bits per heavy atom. The van der Waals surface area contributed by atoms with Crippen molar-refractivity contribution in [1.29, 1.82) is 0 Å². The van der Waals surface area contributed by atoms with Crippen LogP contribution >= 0.6 is 11.6 Å². The van der Waals surface area contributed by atoms with Gasteiger partial charge in [-0.15, -0.1) is 0 Å². The molecule has 1 amide bonds. The van der Waals surface area contributed by atoms with Gasteiger partial charge in [-0.05, 0) is 41.7 Å². The summed E-state index contributed by atoms with van der Waals surface area (Å²) in [5.41, 5.74) is 2.10. The maximum absolute atomic E-state index is 12.2. The second-order valence-corrected chi connectivity index (χ2v) is 5.95. The number of hydrogen-bond donors (Lipinski definition) is 1. The minimum absolute atomic E-state index is 0.0329. The summed E-state index contributed by atoms with van der Waals surface area (Å²) in [4.78, 5) is 12.2. The van der Waals surface area contributed by atoms with Gasteiger partial charge in [-0.3, -0.25) is 4.79 Å². The van der Waals surface area contributed by atoms with Gasteiger partial charge in [0.1, 0.15) is 5.75 Å². The zero-order valence-corrected chi connectivity index (χ0v) is 13.1. The van der Waals surface area contributed by atoms with Gasteiger partial charge in [0, 0.05) is 17.5 Å². The molecule has 0 bridgehead atoms. The lowest BCUT2D eigenvalue weighted by atomic mass is 10.1. The molecular formula is C18H18ClNO2. The summed E-state index contributed by atoms with van der Waals surface area (Å²) in [6, 6.07) is 15.5. The number of rotatable bonds is 5. The quantitative estimate of drug-likeness (QED) is 0.912.